The van der Waals surface area contributed by atoms with Crippen LogP contribution in [0.4, 0.5) is 0 Å². The van der Waals surface area contributed by atoms with Gasteiger partial charge in [-0.05, 0) is 57.4 Å². The van der Waals surface area contributed by atoms with Gasteiger partial charge >= 0.3 is 11.9 Å². The summed E-state index contributed by atoms with van der Waals surface area (Å²) in [4.78, 5) is 25.1. The zero-order valence-corrected chi connectivity index (χ0v) is 14.3. The highest BCUT2D eigenvalue weighted by Gasteiger charge is 2.40. The second-order valence-corrected chi connectivity index (χ2v) is 7.41. The Hall–Kier alpha value is -1.36. The zero-order valence-electron chi connectivity index (χ0n) is 13.5. The van der Waals surface area contributed by atoms with E-state index in [-0.39, 0.29) is 12.6 Å². The van der Waals surface area contributed by atoms with Crippen LogP contribution >= 0.6 is 11.3 Å². The van der Waals surface area contributed by atoms with E-state index in [2.05, 4.69) is 0 Å². The van der Waals surface area contributed by atoms with Gasteiger partial charge in [0, 0.05) is 4.88 Å². The second-order valence-electron chi connectivity index (χ2n) is 6.47. The fourth-order valence-electron chi connectivity index (χ4n) is 2.59. The first kappa shape index (κ1) is 17.0. The topological polar surface area (TPSA) is 52.6 Å². The Balaban J connectivity index is 1.95. The van der Waals surface area contributed by atoms with E-state index in [0.717, 1.165) is 30.6 Å². The van der Waals surface area contributed by atoms with Crippen LogP contribution in [0.2, 0.25) is 0 Å². The van der Waals surface area contributed by atoms with Crippen molar-refractivity contribution in [2.45, 2.75) is 58.5 Å². The summed E-state index contributed by atoms with van der Waals surface area (Å²) in [5, 5.41) is 1.99. The third kappa shape index (κ3) is 3.69. The lowest BCUT2D eigenvalue weighted by Crippen LogP contribution is -2.33. The van der Waals surface area contributed by atoms with Crippen molar-refractivity contribution in [2.24, 2.45) is 5.41 Å². The number of hydrogen-bond acceptors (Lipinski definition) is 5. The van der Waals surface area contributed by atoms with E-state index >= 15 is 0 Å². The molecule has 5 heteroatoms. The standard InChI is InChI=1S/C17H24O4S/c1-4-16(2,3)15(19)20-12-14(18)21-17(9-5-6-10-17)13-8-7-11-22-13/h7-8,11H,4-6,9-10,12H2,1-3H3. The van der Waals surface area contributed by atoms with Gasteiger partial charge in [-0.2, -0.15) is 0 Å². The Morgan fingerprint density at radius 3 is 2.55 bits per heavy atom. The third-order valence-electron chi connectivity index (χ3n) is 4.45. The molecule has 2 rings (SSSR count). The molecule has 1 aliphatic carbocycles. The van der Waals surface area contributed by atoms with Crippen molar-refractivity contribution in [3.8, 4) is 0 Å². The molecule has 0 atom stereocenters. The molecule has 1 aromatic rings. The monoisotopic (exact) mass is 324 g/mol. The quantitative estimate of drug-likeness (QED) is 0.741. The Kier molecular flexibility index (Phi) is 5.27. The van der Waals surface area contributed by atoms with Gasteiger partial charge in [-0.15, -0.1) is 11.3 Å². The van der Waals surface area contributed by atoms with Crippen LogP contribution in [0.1, 0.15) is 57.8 Å². The van der Waals surface area contributed by atoms with Gasteiger partial charge in [-0.25, -0.2) is 4.79 Å². The number of hydrogen-bond donors (Lipinski definition) is 0. The number of rotatable bonds is 6. The lowest BCUT2D eigenvalue weighted by molar-refractivity contribution is -0.174. The number of carbonyl (C=O) groups is 2. The normalized spacial score (nSPS) is 17.2. The molecule has 1 heterocycles. The van der Waals surface area contributed by atoms with Gasteiger partial charge < -0.3 is 9.47 Å². The third-order valence-corrected chi connectivity index (χ3v) is 5.50. The van der Waals surface area contributed by atoms with E-state index in [0.29, 0.717) is 6.42 Å². The van der Waals surface area contributed by atoms with Crippen molar-refractivity contribution < 1.29 is 19.1 Å². The smallest absolute Gasteiger partial charge is 0.345 e. The van der Waals surface area contributed by atoms with E-state index in [4.69, 9.17) is 9.47 Å². The highest BCUT2D eigenvalue weighted by atomic mass is 32.1. The molecule has 0 amide bonds. The number of ether oxygens (including phenoxy) is 2. The van der Waals surface area contributed by atoms with Crippen LogP contribution in [-0.4, -0.2) is 18.5 Å². The fourth-order valence-corrected chi connectivity index (χ4v) is 3.52. The SMILES string of the molecule is CCC(C)(C)C(=O)OCC(=O)OC1(c2cccs2)CCCC1. The molecule has 1 aromatic heterocycles. The summed E-state index contributed by atoms with van der Waals surface area (Å²) in [6.07, 6.45) is 4.45. The molecule has 0 radical (unpaired) electrons. The highest BCUT2D eigenvalue weighted by molar-refractivity contribution is 7.10. The van der Waals surface area contributed by atoms with Crippen molar-refractivity contribution in [1.29, 1.82) is 0 Å². The van der Waals surface area contributed by atoms with Crippen molar-refractivity contribution in [1.82, 2.24) is 0 Å². The van der Waals surface area contributed by atoms with Crippen molar-refractivity contribution in [3.05, 3.63) is 22.4 Å². The number of carbonyl (C=O) groups excluding carboxylic acids is 2. The predicted octanol–water partition coefficient (Wildman–Crippen LogP) is 4.04. The summed E-state index contributed by atoms with van der Waals surface area (Å²) in [5.41, 5.74) is -1.09. The maximum atomic E-state index is 12.1. The van der Waals surface area contributed by atoms with E-state index in [1.165, 1.54) is 0 Å². The molecule has 0 unspecified atom stereocenters. The van der Waals surface area contributed by atoms with Crippen molar-refractivity contribution in [3.63, 3.8) is 0 Å². The van der Waals surface area contributed by atoms with Gasteiger partial charge in [0.2, 0.25) is 0 Å². The minimum atomic E-state index is -0.570. The van der Waals surface area contributed by atoms with Crippen molar-refractivity contribution >= 4 is 23.3 Å². The minimum Gasteiger partial charge on any atom is -0.453 e. The highest BCUT2D eigenvalue weighted by Crippen LogP contribution is 2.44. The number of esters is 2. The van der Waals surface area contributed by atoms with Crippen LogP contribution in [0.3, 0.4) is 0 Å². The first-order valence-electron chi connectivity index (χ1n) is 7.83. The molecule has 0 aliphatic heterocycles. The van der Waals surface area contributed by atoms with Crippen LogP contribution in [0.5, 0.6) is 0 Å². The van der Waals surface area contributed by atoms with E-state index < -0.39 is 17.0 Å². The van der Waals surface area contributed by atoms with Gasteiger partial charge in [0.15, 0.2) is 6.61 Å². The van der Waals surface area contributed by atoms with Crippen molar-refractivity contribution in [2.75, 3.05) is 6.61 Å². The maximum Gasteiger partial charge on any atom is 0.345 e. The van der Waals surface area contributed by atoms with Gasteiger partial charge in [0.05, 0.1) is 5.41 Å². The fraction of sp³-hybridized carbons (Fsp3) is 0.647. The zero-order chi connectivity index (χ0) is 16.2. The molecule has 1 fully saturated rings. The summed E-state index contributed by atoms with van der Waals surface area (Å²) in [5.74, 6) is -0.820. The first-order valence-corrected chi connectivity index (χ1v) is 8.71. The molecule has 122 valence electrons. The molecule has 1 aliphatic rings. The molecular weight excluding hydrogens is 300 g/mol. The van der Waals surface area contributed by atoms with Crippen LogP contribution < -0.4 is 0 Å². The Bertz CT molecular complexity index is 513. The minimum absolute atomic E-state index is 0.310. The summed E-state index contributed by atoms with van der Waals surface area (Å²) in [7, 11) is 0. The molecule has 4 nitrogen and oxygen atoms in total. The number of thiophene rings is 1. The Labute approximate surface area is 135 Å². The average Bonchev–Trinajstić information content (AvgIpc) is 3.16. The molecular formula is C17H24O4S. The molecule has 0 saturated heterocycles. The summed E-state index contributed by atoms with van der Waals surface area (Å²) < 4.78 is 10.9. The van der Waals surface area contributed by atoms with E-state index in [9.17, 15) is 9.59 Å². The Morgan fingerprint density at radius 1 is 1.32 bits per heavy atom. The van der Waals surface area contributed by atoms with Gasteiger partial charge in [-0.1, -0.05) is 13.0 Å². The lowest BCUT2D eigenvalue weighted by atomic mass is 9.91. The van der Waals surface area contributed by atoms with Crippen LogP contribution in [0, 0.1) is 5.41 Å². The Morgan fingerprint density at radius 2 is 2.00 bits per heavy atom. The van der Waals surface area contributed by atoms with Gasteiger partial charge in [0.1, 0.15) is 5.60 Å². The summed E-state index contributed by atoms with van der Waals surface area (Å²) in [6, 6.07) is 3.98. The summed E-state index contributed by atoms with van der Waals surface area (Å²) >= 11 is 1.61. The molecule has 0 aromatic carbocycles. The van der Waals surface area contributed by atoms with Crippen LogP contribution in [0.25, 0.3) is 0 Å². The predicted molar refractivity (Wildman–Crippen MR) is 85.6 cm³/mol. The molecule has 1 saturated carbocycles. The van der Waals surface area contributed by atoms with Gasteiger partial charge in [-0.3, -0.25) is 4.79 Å². The van der Waals surface area contributed by atoms with E-state index in [1.54, 1.807) is 11.3 Å². The lowest BCUT2D eigenvalue weighted by Gasteiger charge is -2.28. The van der Waals surface area contributed by atoms with Crippen LogP contribution in [0.15, 0.2) is 17.5 Å². The van der Waals surface area contributed by atoms with Crippen LogP contribution in [-0.2, 0) is 24.7 Å². The maximum absolute atomic E-state index is 12.1. The van der Waals surface area contributed by atoms with Gasteiger partial charge in [0.25, 0.3) is 0 Å². The second kappa shape index (κ2) is 6.82. The molecule has 0 spiro atoms. The summed E-state index contributed by atoms with van der Waals surface area (Å²) in [6.45, 7) is 5.23. The molecule has 0 bridgehead atoms. The van der Waals surface area contributed by atoms with E-state index in [1.807, 2.05) is 38.3 Å². The largest absolute Gasteiger partial charge is 0.453 e. The molecule has 0 N–H and O–H groups in total. The first-order chi connectivity index (χ1) is 10.4. The average molecular weight is 324 g/mol. The molecule has 22 heavy (non-hydrogen) atoms.